The lowest BCUT2D eigenvalue weighted by atomic mass is 10.0. The lowest BCUT2D eigenvalue weighted by Crippen LogP contribution is -2.36. The van der Waals surface area contributed by atoms with Gasteiger partial charge in [-0.15, -0.1) is 0 Å². The summed E-state index contributed by atoms with van der Waals surface area (Å²) in [5, 5.41) is 0. The van der Waals surface area contributed by atoms with Crippen LogP contribution in [-0.2, 0) is 17.4 Å². The van der Waals surface area contributed by atoms with E-state index in [0.717, 1.165) is 6.07 Å². The van der Waals surface area contributed by atoms with Gasteiger partial charge in [0.15, 0.2) is 0 Å². The van der Waals surface area contributed by atoms with Gasteiger partial charge >= 0.3 is 6.18 Å². The van der Waals surface area contributed by atoms with E-state index in [-0.39, 0.29) is 18.5 Å². The minimum Gasteiger partial charge on any atom is -0.368 e. The quantitative estimate of drug-likeness (QED) is 0.872. The molecule has 2 aromatic rings. The molecular formula is C17H14F4N2O. The summed E-state index contributed by atoms with van der Waals surface area (Å²) in [6, 6.07) is 8.13. The Kier molecular flexibility index (Phi) is 3.95. The van der Waals surface area contributed by atoms with Gasteiger partial charge in [-0.25, -0.2) is 4.39 Å². The summed E-state index contributed by atoms with van der Waals surface area (Å²) in [7, 11) is 0. The number of amides is 1. The van der Waals surface area contributed by atoms with Gasteiger partial charge in [-0.2, -0.15) is 13.2 Å². The molecule has 24 heavy (non-hydrogen) atoms. The Bertz CT molecular complexity index is 771. The van der Waals surface area contributed by atoms with Crippen molar-refractivity contribution in [3.05, 3.63) is 65.0 Å². The summed E-state index contributed by atoms with van der Waals surface area (Å²) in [6.45, 7) is 0.230. The molecule has 0 radical (unpaired) electrons. The molecule has 0 spiro atoms. The molecule has 7 heteroatoms. The Hall–Kier alpha value is -2.57. The average Bonchev–Trinajstić information content (AvgIpc) is 2.92. The number of nitrogens with two attached hydrogens (primary N) is 1. The van der Waals surface area contributed by atoms with Crippen LogP contribution in [0.15, 0.2) is 42.5 Å². The Morgan fingerprint density at radius 2 is 1.79 bits per heavy atom. The van der Waals surface area contributed by atoms with Crippen LogP contribution in [0.3, 0.4) is 0 Å². The second kappa shape index (κ2) is 5.81. The first-order valence-corrected chi connectivity index (χ1v) is 7.29. The van der Waals surface area contributed by atoms with Gasteiger partial charge < -0.3 is 10.6 Å². The van der Waals surface area contributed by atoms with Crippen molar-refractivity contribution in [3.63, 3.8) is 0 Å². The van der Waals surface area contributed by atoms with Crippen LogP contribution >= 0.6 is 0 Å². The maximum Gasteiger partial charge on any atom is 0.416 e. The summed E-state index contributed by atoms with van der Waals surface area (Å²) in [5.74, 6) is -1.17. The van der Waals surface area contributed by atoms with E-state index in [0.29, 0.717) is 11.3 Å². The third kappa shape index (κ3) is 2.81. The number of fused-ring (bicyclic) bond motifs is 1. The van der Waals surface area contributed by atoms with Gasteiger partial charge in [0.05, 0.1) is 5.56 Å². The number of carbonyl (C=O) groups excluding carboxylic acids is 1. The van der Waals surface area contributed by atoms with E-state index in [1.807, 2.05) is 0 Å². The minimum atomic E-state index is -4.46. The molecule has 1 atom stereocenters. The number of anilines is 1. The third-order valence-electron chi connectivity index (χ3n) is 4.14. The maximum atomic E-state index is 13.1. The van der Waals surface area contributed by atoms with Crippen LogP contribution in [0.5, 0.6) is 0 Å². The zero-order valence-electron chi connectivity index (χ0n) is 12.5. The van der Waals surface area contributed by atoms with E-state index in [9.17, 15) is 22.4 Å². The first-order chi connectivity index (χ1) is 11.3. The van der Waals surface area contributed by atoms with Crippen LogP contribution in [0, 0.1) is 5.82 Å². The van der Waals surface area contributed by atoms with Crippen LogP contribution in [0.25, 0.3) is 0 Å². The highest BCUT2D eigenvalue weighted by molar-refractivity contribution is 5.86. The van der Waals surface area contributed by atoms with Crippen LogP contribution in [0.1, 0.15) is 22.7 Å². The highest BCUT2D eigenvalue weighted by Crippen LogP contribution is 2.42. The zero-order chi connectivity index (χ0) is 17.5. The van der Waals surface area contributed by atoms with Crippen LogP contribution in [-0.4, -0.2) is 12.5 Å². The Labute approximate surface area is 135 Å². The first kappa shape index (κ1) is 16.3. The van der Waals surface area contributed by atoms with Crippen LogP contribution < -0.4 is 10.6 Å². The monoisotopic (exact) mass is 338 g/mol. The fraction of sp³-hybridized carbons (Fsp3) is 0.235. The lowest BCUT2D eigenvalue weighted by molar-refractivity contribution is -0.138. The summed E-state index contributed by atoms with van der Waals surface area (Å²) in [4.78, 5) is 13.5. The molecule has 126 valence electrons. The molecular weight excluding hydrogens is 324 g/mol. The van der Waals surface area contributed by atoms with Crippen molar-refractivity contribution < 1.29 is 22.4 Å². The highest BCUT2D eigenvalue weighted by atomic mass is 19.4. The number of alkyl halides is 3. The van der Waals surface area contributed by atoms with Gasteiger partial charge in [-0.05, 0) is 41.8 Å². The molecule has 3 rings (SSSR count). The number of primary amides is 1. The molecule has 1 amide bonds. The van der Waals surface area contributed by atoms with E-state index >= 15 is 0 Å². The van der Waals surface area contributed by atoms with Crippen molar-refractivity contribution in [2.75, 3.05) is 11.4 Å². The molecule has 2 N–H and O–H groups in total. The Morgan fingerprint density at radius 1 is 1.12 bits per heavy atom. The number of hydrogen-bond donors (Lipinski definition) is 1. The summed E-state index contributed by atoms with van der Waals surface area (Å²) >= 11 is 0. The number of nitrogens with zero attached hydrogens (tertiary/aromatic N) is 1. The minimum absolute atomic E-state index is 0.151. The van der Waals surface area contributed by atoms with Crippen molar-refractivity contribution in [1.82, 2.24) is 0 Å². The van der Waals surface area contributed by atoms with Gasteiger partial charge in [0.1, 0.15) is 11.9 Å². The second-order valence-corrected chi connectivity index (χ2v) is 5.60. The molecule has 0 saturated carbocycles. The van der Waals surface area contributed by atoms with E-state index in [1.165, 1.54) is 36.4 Å². The molecule has 0 aliphatic carbocycles. The fourth-order valence-electron chi connectivity index (χ4n) is 3.14. The van der Waals surface area contributed by atoms with E-state index in [1.54, 1.807) is 4.90 Å². The normalized spacial score (nSPS) is 15.2. The fourth-order valence-corrected chi connectivity index (χ4v) is 3.14. The standard InChI is InChI=1S/C17H14F4N2O/c18-11-6-4-10(5-7-11)15(16(22)24)23-9-8-12-13(17(19,20)21)2-1-3-14(12)23/h1-7,15H,8-9H2,(H2,22,24). The van der Waals surface area contributed by atoms with Crippen molar-refractivity contribution in [2.24, 2.45) is 5.73 Å². The van der Waals surface area contributed by atoms with Gasteiger partial charge in [-0.1, -0.05) is 18.2 Å². The number of rotatable bonds is 3. The molecule has 3 nitrogen and oxygen atoms in total. The van der Waals surface area contributed by atoms with E-state index < -0.39 is 29.5 Å². The molecule has 1 aliphatic heterocycles. The molecule has 1 heterocycles. The molecule has 1 aliphatic rings. The maximum absolute atomic E-state index is 13.1. The third-order valence-corrected chi connectivity index (χ3v) is 4.14. The first-order valence-electron chi connectivity index (χ1n) is 7.29. The molecule has 1 unspecified atom stereocenters. The van der Waals surface area contributed by atoms with Crippen molar-refractivity contribution in [2.45, 2.75) is 18.6 Å². The van der Waals surface area contributed by atoms with Gasteiger partial charge in [0.2, 0.25) is 5.91 Å². The van der Waals surface area contributed by atoms with E-state index in [4.69, 9.17) is 5.73 Å². The van der Waals surface area contributed by atoms with Crippen molar-refractivity contribution in [1.29, 1.82) is 0 Å². The van der Waals surface area contributed by atoms with Gasteiger partial charge in [0, 0.05) is 12.2 Å². The van der Waals surface area contributed by atoms with Crippen molar-refractivity contribution in [3.8, 4) is 0 Å². The van der Waals surface area contributed by atoms with Crippen LogP contribution in [0.2, 0.25) is 0 Å². The summed E-state index contributed by atoms with van der Waals surface area (Å²) < 4.78 is 52.5. The van der Waals surface area contributed by atoms with Gasteiger partial charge in [-0.3, -0.25) is 4.79 Å². The largest absolute Gasteiger partial charge is 0.416 e. The molecule has 0 bridgehead atoms. The summed E-state index contributed by atoms with van der Waals surface area (Å²) in [5.41, 5.74) is 5.69. The number of carbonyl (C=O) groups is 1. The number of benzene rings is 2. The molecule has 2 aromatic carbocycles. The number of halogens is 4. The summed E-state index contributed by atoms with van der Waals surface area (Å²) in [6.07, 6.45) is -4.30. The van der Waals surface area contributed by atoms with Crippen molar-refractivity contribution >= 4 is 11.6 Å². The Balaban J connectivity index is 2.05. The number of hydrogen-bond acceptors (Lipinski definition) is 2. The lowest BCUT2D eigenvalue weighted by Gasteiger charge is -2.28. The second-order valence-electron chi connectivity index (χ2n) is 5.60. The SMILES string of the molecule is NC(=O)C(c1ccc(F)cc1)N1CCc2c1cccc2C(F)(F)F. The molecule has 0 aromatic heterocycles. The highest BCUT2D eigenvalue weighted by Gasteiger charge is 2.39. The van der Waals surface area contributed by atoms with Crippen LogP contribution in [0.4, 0.5) is 23.2 Å². The molecule has 0 fully saturated rings. The van der Waals surface area contributed by atoms with E-state index in [2.05, 4.69) is 0 Å². The molecule has 0 saturated heterocycles. The van der Waals surface area contributed by atoms with Gasteiger partial charge in [0.25, 0.3) is 0 Å². The topological polar surface area (TPSA) is 46.3 Å². The smallest absolute Gasteiger partial charge is 0.368 e. The Morgan fingerprint density at radius 3 is 2.38 bits per heavy atom. The predicted octanol–water partition coefficient (Wildman–Crippen LogP) is 3.43. The average molecular weight is 338 g/mol. The zero-order valence-corrected chi connectivity index (χ0v) is 12.5. The predicted molar refractivity (Wildman–Crippen MR) is 80.8 cm³/mol.